The van der Waals surface area contributed by atoms with Gasteiger partial charge in [-0.2, -0.15) is 0 Å². The average Bonchev–Trinajstić information content (AvgIpc) is 2.55. The van der Waals surface area contributed by atoms with Gasteiger partial charge >= 0.3 is 0 Å². The van der Waals surface area contributed by atoms with Gasteiger partial charge in [0.25, 0.3) is 0 Å². The highest BCUT2D eigenvalue weighted by Crippen LogP contribution is 2.12. The Morgan fingerprint density at radius 1 is 1.67 bits per heavy atom. The standard InChI is InChI=1S/C9H14BrNS/c1-8(6-10)11(2)7-9-4-3-5-12-9/h3-5,8H,6-7H2,1-2H3. The van der Waals surface area contributed by atoms with Crippen LogP contribution in [-0.2, 0) is 6.54 Å². The Labute approximate surface area is 86.5 Å². The minimum atomic E-state index is 0.604. The molecule has 0 saturated carbocycles. The zero-order valence-corrected chi connectivity index (χ0v) is 9.86. The molecule has 68 valence electrons. The van der Waals surface area contributed by atoms with Crippen LogP contribution in [0, 0.1) is 0 Å². The van der Waals surface area contributed by atoms with Gasteiger partial charge in [-0.05, 0) is 25.4 Å². The Bertz CT molecular complexity index is 210. The Hall–Kier alpha value is 0.140. The van der Waals surface area contributed by atoms with Crippen molar-refractivity contribution in [3.05, 3.63) is 22.4 Å². The van der Waals surface area contributed by atoms with E-state index in [1.54, 1.807) is 0 Å². The molecule has 3 heteroatoms. The van der Waals surface area contributed by atoms with Crippen LogP contribution in [0.3, 0.4) is 0 Å². The van der Waals surface area contributed by atoms with Crippen molar-refractivity contribution in [2.75, 3.05) is 12.4 Å². The van der Waals surface area contributed by atoms with Crippen molar-refractivity contribution < 1.29 is 0 Å². The highest BCUT2D eigenvalue weighted by molar-refractivity contribution is 9.09. The molecule has 1 heterocycles. The Morgan fingerprint density at radius 3 is 2.92 bits per heavy atom. The summed E-state index contributed by atoms with van der Waals surface area (Å²) in [6, 6.07) is 4.89. The minimum Gasteiger partial charge on any atom is -0.298 e. The van der Waals surface area contributed by atoms with E-state index >= 15 is 0 Å². The number of alkyl halides is 1. The van der Waals surface area contributed by atoms with Crippen molar-refractivity contribution in [3.8, 4) is 0 Å². The maximum Gasteiger partial charge on any atom is 0.0328 e. The largest absolute Gasteiger partial charge is 0.298 e. The third-order valence-electron chi connectivity index (χ3n) is 1.96. The monoisotopic (exact) mass is 247 g/mol. The summed E-state index contributed by atoms with van der Waals surface area (Å²) >= 11 is 5.30. The third kappa shape index (κ3) is 2.88. The fraction of sp³-hybridized carbons (Fsp3) is 0.556. The lowest BCUT2D eigenvalue weighted by molar-refractivity contribution is 0.273. The molecule has 1 rings (SSSR count). The molecule has 0 N–H and O–H groups in total. The summed E-state index contributed by atoms with van der Waals surface area (Å²) in [4.78, 5) is 3.78. The maximum absolute atomic E-state index is 3.48. The minimum absolute atomic E-state index is 0.604. The molecular weight excluding hydrogens is 234 g/mol. The summed E-state index contributed by atoms with van der Waals surface area (Å²) < 4.78 is 0. The third-order valence-corrected chi connectivity index (χ3v) is 3.76. The molecule has 1 atom stereocenters. The number of halogens is 1. The molecule has 0 saturated heterocycles. The lowest BCUT2D eigenvalue weighted by atomic mass is 10.3. The summed E-state index contributed by atoms with van der Waals surface area (Å²) in [6.07, 6.45) is 0. The van der Waals surface area contributed by atoms with Gasteiger partial charge in [-0.25, -0.2) is 0 Å². The van der Waals surface area contributed by atoms with Crippen LogP contribution in [0.1, 0.15) is 11.8 Å². The molecule has 1 aromatic rings. The van der Waals surface area contributed by atoms with Crippen molar-refractivity contribution in [1.82, 2.24) is 4.90 Å². The van der Waals surface area contributed by atoms with E-state index in [0.29, 0.717) is 6.04 Å². The number of rotatable bonds is 4. The van der Waals surface area contributed by atoms with Gasteiger partial charge in [0.1, 0.15) is 0 Å². The first-order chi connectivity index (χ1) is 5.74. The lowest BCUT2D eigenvalue weighted by Gasteiger charge is -2.21. The fourth-order valence-electron chi connectivity index (χ4n) is 0.922. The van der Waals surface area contributed by atoms with Gasteiger partial charge in [0.2, 0.25) is 0 Å². The molecule has 0 amide bonds. The zero-order chi connectivity index (χ0) is 8.97. The van der Waals surface area contributed by atoms with Crippen LogP contribution in [0.4, 0.5) is 0 Å². The predicted octanol–water partition coefficient (Wildman–Crippen LogP) is 2.96. The van der Waals surface area contributed by atoms with Gasteiger partial charge in [-0.15, -0.1) is 11.3 Å². The van der Waals surface area contributed by atoms with Crippen LogP contribution in [0.2, 0.25) is 0 Å². The first-order valence-corrected chi connectivity index (χ1v) is 6.02. The van der Waals surface area contributed by atoms with Crippen LogP contribution in [-0.4, -0.2) is 23.3 Å². The lowest BCUT2D eigenvalue weighted by Crippen LogP contribution is -2.29. The number of hydrogen-bond acceptors (Lipinski definition) is 2. The van der Waals surface area contributed by atoms with E-state index in [1.807, 2.05) is 11.3 Å². The van der Waals surface area contributed by atoms with E-state index in [9.17, 15) is 0 Å². The topological polar surface area (TPSA) is 3.24 Å². The smallest absolute Gasteiger partial charge is 0.0328 e. The Morgan fingerprint density at radius 2 is 2.42 bits per heavy atom. The normalized spacial score (nSPS) is 13.7. The van der Waals surface area contributed by atoms with Crippen LogP contribution in [0.5, 0.6) is 0 Å². The first kappa shape index (κ1) is 10.2. The molecule has 12 heavy (non-hydrogen) atoms. The van der Waals surface area contributed by atoms with Crippen molar-refractivity contribution >= 4 is 27.3 Å². The van der Waals surface area contributed by atoms with Crippen molar-refractivity contribution in [1.29, 1.82) is 0 Å². The SMILES string of the molecule is CC(CBr)N(C)Cc1cccs1. The van der Waals surface area contributed by atoms with E-state index in [1.165, 1.54) is 4.88 Å². The predicted molar refractivity (Wildman–Crippen MR) is 59.0 cm³/mol. The maximum atomic E-state index is 3.48. The molecule has 0 bridgehead atoms. The van der Waals surface area contributed by atoms with Crippen LogP contribution in [0.15, 0.2) is 17.5 Å². The Balaban J connectivity index is 2.41. The molecular formula is C9H14BrNS. The van der Waals surface area contributed by atoms with Gasteiger partial charge in [0.05, 0.1) is 0 Å². The highest BCUT2D eigenvalue weighted by atomic mass is 79.9. The van der Waals surface area contributed by atoms with Crippen molar-refractivity contribution in [2.24, 2.45) is 0 Å². The van der Waals surface area contributed by atoms with Gasteiger partial charge in [-0.1, -0.05) is 22.0 Å². The molecule has 0 aliphatic carbocycles. The van der Waals surface area contributed by atoms with Gasteiger partial charge < -0.3 is 0 Å². The molecule has 0 radical (unpaired) electrons. The Kier molecular flexibility index (Phi) is 4.26. The summed E-state index contributed by atoms with van der Waals surface area (Å²) in [5.74, 6) is 0. The summed E-state index contributed by atoms with van der Waals surface area (Å²) in [5.41, 5.74) is 0. The van der Waals surface area contributed by atoms with Crippen molar-refractivity contribution in [2.45, 2.75) is 19.5 Å². The molecule has 1 unspecified atom stereocenters. The highest BCUT2D eigenvalue weighted by Gasteiger charge is 2.07. The molecule has 0 aliphatic rings. The number of thiophene rings is 1. The summed E-state index contributed by atoms with van der Waals surface area (Å²) in [5, 5.41) is 3.16. The first-order valence-electron chi connectivity index (χ1n) is 4.02. The van der Waals surface area contributed by atoms with Gasteiger partial charge in [0.15, 0.2) is 0 Å². The van der Waals surface area contributed by atoms with E-state index < -0.39 is 0 Å². The second kappa shape index (κ2) is 5.00. The molecule has 0 aromatic carbocycles. The summed E-state index contributed by atoms with van der Waals surface area (Å²) in [6.45, 7) is 3.28. The van der Waals surface area contributed by atoms with E-state index in [-0.39, 0.29) is 0 Å². The molecule has 0 fully saturated rings. The van der Waals surface area contributed by atoms with E-state index in [2.05, 4.69) is 52.3 Å². The van der Waals surface area contributed by atoms with Crippen LogP contribution >= 0.6 is 27.3 Å². The van der Waals surface area contributed by atoms with Gasteiger partial charge in [-0.3, -0.25) is 4.90 Å². The fourth-order valence-corrected chi connectivity index (χ4v) is 2.18. The second-order valence-corrected chi connectivity index (χ2v) is 4.68. The number of nitrogens with zero attached hydrogens (tertiary/aromatic N) is 1. The summed E-state index contributed by atoms with van der Waals surface area (Å²) in [7, 11) is 2.16. The van der Waals surface area contributed by atoms with E-state index in [0.717, 1.165) is 11.9 Å². The zero-order valence-electron chi connectivity index (χ0n) is 7.46. The molecule has 0 aliphatic heterocycles. The van der Waals surface area contributed by atoms with Crippen molar-refractivity contribution in [3.63, 3.8) is 0 Å². The van der Waals surface area contributed by atoms with Gasteiger partial charge in [0, 0.05) is 22.8 Å². The van der Waals surface area contributed by atoms with E-state index in [4.69, 9.17) is 0 Å². The number of hydrogen-bond donors (Lipinski definition) is 0. The molecule has 1 nitrogen and oxygen atoms in total. The molecule has 0 spiro atoms. The average molecular weight is 248 g/mol. The molecule has 1 aromatic heterocycles. The van der Waals surface area contributed by atoms with Crippen LogP contribution < -0.4 is 0 Å². The van der Waals surface area contributed by atoms with Crippen LogP contribution in [0.25, 0.3) is 0 Å². The quantitative estimate of drug-likeness (QED) is 0.740. The second-order valence-electron chi connectivity index (χ2n) is 3.00.